The number of nitrogens with two attached hydrogens (primary N) is 3. The predicted octanol–water partition coefficient (Wildman–Crippen LogP) is 21.2. The lowest BCUT2D eigenvalue weighted by Crippen LogP contribution is -2.27. The van der Waals surface area contributed by atoms with Gasteiger partial charge in [0.1, 0.15) is 0 Å². The molecule has 5 heterocycles. The van der Waals surface area contributed by atoms with Crippen molar-refractivity contribution < 1.29 is 60.9 Å². The number of methoxy groups -OCH3 is 2. The summed E-state index contributed by atoms with van der Waals surface area (Å²) in [6.07, 6.45) is 5.30. The Morgan fingerprint density at radius 1 is 0.336 bits per heavy atom. The molecule has 10 aromatic carbocycles. The second kappa shape index (κ2) is 45.4. The fourth-order valence-electron chi connectivity index (χ4n) is 15.4. The Bertz CT molecular complexity index is 6600. The molecule has 134 heavy (non-hydrogen) atoms. The van der Waals surface area contributed by atoms with Crippen molar-refractivity contribution in [2.24, 2.45) is 0 Å². The number of thioether (sulfide) groups is 3. The number of benzene rings is 10. The molecule has 18 nitrogen and oxygen atoms in total. The average Bonchev–Trinajstić information content (AvgIpc) is 0.784. The minimum absolute atomic E-state index is 0.00642. The molecule has 5 aliphatic heterocycles. The van der Waals surface area contributed by atoms with Gasteiger partial charge in [-0.2, -0.15) is 0 Å². The molecule has 0 aliphatic carbocycles. The molecule has 0 saturated carbocycles. The van der Waals surface area contributed by atoms with E-state index >= 15 is 0 Å². The van der Waals surface area contributed by atoms with Crippen molar-refractivity contribution in [2.75, 3.05) is 97.7 Å². The summed E-state index contributed by atoms with van der Waals surface area (Å²) >= 11 is 5.74. The summed E-state index contributed by atoms with van der Waals surface area (Å²) < 4.78 is 49.0. The highest BCUT2D eigenvalue weighted by Gasteiger charge is 2.35. The van der Waals surface area contributed by atoms with Gasteiger partial charge in [-0.25, -0.2) is 24.0 Å². The topological polar surface area (TPSA) is 285 Å². The number of rotatable bonds is 10. The average molecular weight is 1890 g/mol. The van der Waals surface area contributed by atoms with Crippen LogP contribution in [-0.2, 0) is 77.2 Å². The number of anilines is 5. The second-order valence-corrected chi connectivity index (χ2v) is 42.1. The Morgan fingerprint density at radius 3 is 0.881 bits per heavy atom. The van der Waals surface area contributed by atoms with E-state index in [4.69, 9.17) is 36.1 Å². The SMILES string of the molecule is CCOC(=O)c1ccc(C#Cc2ccc3c(c2)C(C)(C)CCS3)cc1N.CCOC(=O)c1ccc(C#Cc2ccc3c(c2)C(C)(C)CCS3)cc1NC(C)=O.CCOC(=O)c1ccc(C#Cc2ccc3c(c2)C(C)(C)CCS3=O)cc1N.CNc1cc(C#Cc2ccc3c(c2)C(C)(C)CCS3)ccc1C(=O)OC.COC(=O)c1ccc(C#Cc2ccc3c(c2)C(C)(C)CCS3=O)cc1N. The van der Waals surface area contributed by atoms with Crippen molar-refractivity contribution in [1.82, 2.24) is 0 Å². The number of amides is 1. The van der Waals surface area contributed by atoms with Gasteiger partial charge in [0.05, 0.1) is 89.1 Å². The van der Waals surface area contributed by atoms with E-state index in [2.05, 4.69) is 192 Å². The molecule has 23 heteroatoms. The molecule has 0 fully saturated rings. The standard InChI is InChI=1S/C24H25NO3S.C22H23NO3S.2C22H23NO2S.C21H21NO3S/c1-5-28-23(27)19-10-8-18(15-21(19)25-16(2)26)7-6-17-9-11-22-20(14-17)24(3,4)12-13-29-22;1-4-26-21(24)17-9-7-16(14-19(17)23)6-5-15-8-10-20-18(13-15)22(2,3)11-12-27(20)25;1-22(2)11-12-26-20-10-8-15(13-18(20)22)5-6-16-7-9-17(21(24)25-4)19(14-16)23-3;1-4-25-21(24)17-9-7-16(14-19(17)23)6-5-15-8-10-20-18(13-15)22(2,3)11-12-26-20;1-21(2)10-11-26(24)19-9-7-14(12-17(19)21)4-5-15-6-8-16(18(22)13-15)20(23)25-3/h8-11,14-15H,5,12-13H2,1-4H3,(H,25,26);7-10,13-14H,4,11-12,23H2,1-3H3;7-10,13-14,23H,11-12H2,1-4H3;7-10,13-14H,4,11-12,23H2,1-3H3;6-9,12-13H,10-11,22H2,1-3H3. The molecule has 692 valence electrons. The molecular weight excluding hydrogens is 1770 g/mol. The number of hydrogen-bond donors (Lipinski definition) is 5. The Balaban J connectivity index is 0.000000161. The number of ether oxygens (including phenoxy) is 5. The summed E-state index contributed by atoms with van der Waals surface area (Å²) in [5, 5.41) is 5.72. The van der Waals surface area contributed by atoms with Gasteiger partial charge in [0.2, 0.25) is 5.91 Å². The first kappa shape index (κ1) is 102. The van der Waals surface area contributed by atoms with Crippen molar-refractivity contribution in [1.29, 1.82) is 0 Å². The fraction of sp³-hybridized carbons (Fsp3) is 0.315. The van der Waals surface area contributed by atoms with Gasteiger partial charge in [-0.1, -0.05) is 128 Å². The quantitative estimate of drug-likeness (QED) is 0.0368. The van der Waals surface area contributed by atoms with Crippen LogP contribution >= 0.6 is 35.3 Å². The minimum Gasteiger partial charge on any atom is -0.465 e. The molecule has 5 aliphatic rings. The van der Waals surface area contributed by atoms with Gasteiger partial charge in [-0.3, -0.25) is 13.2 Å². The van der Waals surface area contributed by atoms with Gasteiger partial charge in [-0.15, -0.1) is 35.3 Å². The third-order valence-corrected chi connectivity index (χ3v) is 29.7. The van der Waals surface area contributed by atoms with Gasteiger partial charge in [-0.05, 0) is 307 Å². The summed E-state index contributed by atoms with van der Waals surface area (Å²) in [5.74, 6) is 34.1. The number of carbonyl (C=O) groups excluding carboxylic acids is 6. The van der Waals surface area contributed by atoms with Crippen LogP contribution in [0.2, 0.25) is 0 Å². The molecule has 0 aromatic heterocycles. The summed E-state index contributed by atoms with van der Waals surface area (Å²) in [6, 6.07) is 56.9. The van der Waals surface area contributed by atoms with E-state index in [1.807, 2.05) is 89.9 Å². The van der Waals surface area contributed by atoms with Crippen LogP contribution in [0.25, 0.3) is 0 Å². The summed E-state index contributed by atoms with van der Waals surface area (Å²) in [6.45, 7) is 30.0. The highest BCUT2D eigenvalue weighted by molar-refractivity contribution is 7.99. The Hall–Kier alpha value is -12.6. The molecule has 2 atom stereocenters. The van der Waals surface area contributed by atoms with Crippen LogP contribution < -0.4 is 27.8 Å². The highest BCUT2D eigenvalue weighted by atomic mass is 32.2. The first-order valence-electron chi connectivity index (χ1n) is 44.4. The number of nitrogens with one attached hydrogen (secondary N) is 2. The van der Waals surface area contributed by atoms with E-state index in [9.17, 15) is 37.2 Å². The van der Waals surface area contributed by atoms with Crippen molar-refractivity contribution in [2.45, 2.75) is 181 Å². The van der Waals surface area contributed by atoms with Crippen molar-refractivity contribution in [3.05, 3.63) is 293 Å². The van der Waals surface area contributed by atoms with Crippen LogP contribution in [0.15, 0.2) is 206 Å². The predicted molar refractivity (Wildman–Crippen MR) is 545 cm³/mol. The van der Waals surface area contributed by atoms with Crippen molar-refractivity contribution in [3.63, 3.8) is 0 Å². The smallest absolute Gasteiger partial charge is 0.340 e. The van der Waals surface area contributed by atoms with Crippen molar-refractivity contribution in [3.8, 4) is 59.2 Å². The van der Waals surface area contributed by atoms with Gasteiger partial charge in [0.25, 0.3) is 0 Å². The number of carbonyl (C=O) groups is 6. The van der Waals surface area contributed by atoms with Gasteiger partial charge in [0, 0.05) is 128 Å². The molecule has 1 amide bonds. The Morgan fingerprint density at radius 2 is 0.582 bits per heavy atom. The van der Waals surface area contributed by atoms with E-state index < -0.39 is 45.5 Å². The largest absolute Gasteiger partial charge is 0.465 e. The van der Waals surface area contributed by atoms with Crippen LogP contribution in [-0.4, -0.2) is 114 Å². The third kappa shape index (κ3) is 26.3. The van der Waals surface area contributed by atoms with Crippen LogP contribution in [0, 0.1) is 59.2 Å². The van der Waals surface area contributed by atoms with Gasteiger partial charge in [0.15, 0.2) is 0 Å². The second-order valence-electron chi connectivity index (χ2n) is 35.6. The first-order chi connectivity index (χ1) is 63.8. The van der Waals surface area contributed by atoms with Gasteiger partial charge < -0.3 is 51.5 Å². The Labute approximate surface area is 806 Å². The zero-order chi connectivity index (χ0) is 97.0. The van der Waals surface area contributed by atoms with Crippen LogP contribution in [0.5, 0.6) is 0 Å². The van der Waals surface area contributed by atoms with Crippen LogP contribution in [0.4, 0.5) is 28.4 Å². The molecule has 0 saturated heterocycles. The van der Waals surface area contributed by atoms with E-state index in [1.54, 1.807) is 107 Å². The number of esters is 5. The molecule has 2 unspecified atom stereocenters. The lowest BCUT2D eigenvalue weighted by Gasteiger charge is -2.32. The zero-order valence-electron chi connectivity index (χ0n) is 79.1. The molecule has 15 rings (SSSR count). The minimum atomic E-state index is -0.931. The first-order valence-corrected chi connectivity index (χ1v) is 50.0. The van der Waals surface area contributed by atoms with E-state index in [-0.39, 0.29) is 45.6 Å². The summed E-state index contributed by atoms with van der Waals surface area (Å²) in [4.78, 5) is 76.5. The van der Waals surface area contributed by atoms with Crippen molar-refractivity contribution >= 4 is 121 Å². The lowest BCUT2D eigenvalue weighted by atomic mass is 9.81. The van der Waals surface area contributed by atoms with E-state index in [1.165, 1.54) is 71.1 Å². The molecule has 10 aromatic rings. The molecule has 0 bridgehead atoms. The fourth-order valence-corrected chi connectivity index (χ4v) is 23.3. The van der Waals surface area contributed by atoms with Gasteiger partial charge >= 0.3 is 29.8 Å². The third-order valence-electron chi connectivity index (χ3n) is 23.6. The molecule has 0 spiro atoms. The van der Waals surface area contributed by atoms with E-state index in [0.717, 1.165) is 102 Å². The highest BCUT2D eigenvalue weighted by Crippen LogP contribution is 2.46. The Kier molecular flexibility index (Phi) is 34.5. The maximum Gasteiger partial charge on any atom is 0.340 e. The number of hydrogen-bond acceptors (Lipinski definition) is 20. The van der Waals surface area contributed by atoms with Crippen LogP contribution in [0.1, 0.15) is 264 Å². The molecular formula is C111H115N5O13S5. The number of fused-ring (bicyclic) bond motifs is 5. The summed E-state index contributed by atoms with van der Waals surface area (Å²) in [7, 11) is 2.62. The summed E-state index contributed by atoms with van der Waals surface area (Å²) in [5.41, 5.74) is 37.2. The zero-order valence-corrected chi connectivity index (χ0v) is 83.2. The normalized spacial score (nSPS) is 15.7. The monoisotopic (exact) mass is 1890 g/mol. The lowest BCUT2D eigenvalue weighted by molar-refractivity contribution is -0.114. The number of nitrogen functional groups attached to an aromatic ring is 3. The van der Waals surface area contributed by atoms with E-state index in [0.29, 0.717) is 86.5 Å². The molecule has 0 radical (unpaired) electrons. The molecule has 8 N–H and O–H groups in total. The van der Waals surface area contributed by atoms with Crippen LogP contribution in [0.3, 0.4) is 0 Å². The maximum atomic E-state index is 12.3. The maximum absolute atomic E-state index is 12.3.